The van der Waals surface area contributed by atoms with Crippen LogP contribution in [0.5, 0.6) is 5.75 Å². The van der Waals surface area contributed by atoms with E-state index in [1.54, 1.807) is 0 Å². The standard InChI is InChI=1S/C12H11FN2O2/c1-2-17-11-4-3-9(13)5-10(11)12-8(7-16)6-14-15-12/h3-7H,2H2,1H3,(H,14,15). The lowest BCUT2D eigenvalue weighted by Crippen LogP contribution is -1.96. The topological polar surface area (TPSA) is 55.0 Å². The maximum absolute atomic E-state index is 13.2. The number of ether oxygens (including phenoxy) is 1. The van der Waals surface area contributed by atoms with Crippen LogP contribution in [0.4, 0.5) is 4.39 Å². The van der Waals surface area contributed by atoms with Crippen LogP contribution in [0.15, 0.2) is 24.4 Å². The van der Waals surface area contributed by atoms with Crippen molar-refractivity contribution in [3.8, 4) is 17.0 Å². The third-order valence-electron chi connectivity index (χ3n) is 2.31. The fourth-order valence-electron chi connectivity index (χ4n) is 1.58. The van der Waals surface area contributed by atoms with E-state index >= 15 is 0 Å². The van der Waals surface area contributed by atoms with Gasteiger partial charge in [-0.05, 0) is 25.1 Å². The molecule has 1 N–H and O–H groups in total. The van der Waals surface area contributed by atoms with Crippen molar-refractivity contribution in [1.82, 2.24) is 10.2 Å². The van der Waals surface area contributed by atoms with Gasteiger partial charge < -0.3 is 4.74 Å². The maximum atomic E-state index is 13.2. The van der Waals surface area contributed by atoms with E-state index < -0.39 is 5.82 Å². The molecule has 0 amide bonds. The van der Waals surface area contributed by atoms with Crippen LogP contribution in [0.3, 0.4) is 0 Å². The molecular formula is C12H11FN2O2. The summed E-state index contributed by atoms with van der Waals surface area (Å²) < 4.78 is 18.6. The highest BCUT2D eigenvalue weighted by Gasteiger charge is 2.13. The minimum absolute atomic E-state index is 0.372. The van der Waals surface area contributed by atoms with Gasteiger partial charge in [-0.3, -0.25) is 9.89 Å². The summed E-state index contributed by atoms with van der Waals surface area (Å²) >= 11 is 0. The molecule has 0 saturated carbocycles. The number of carbonyl (C=O) groups excluding carboxylic acids is 1. The van der Waals surface area contributed by atoms with Crippen LogP contribution < -0.4 is 4.74 Å². The lowest BCUT2D eigenvalue weighted by Gasteiger charge is -2.09. The fraction of sp³-hybridized carbons (Fsp3) is 0.167. The molecule has 5 heteroatoms. The van der Waals surface area contributed by atoms with Gasteiger partial charge in [-0.1, -0.05) is 0 Å². The molecule has 0 aliphatic heterocycles. The van der Waals surface area contributed by atoms with Gasteiger partial charge in [0.05, 0.1) is 24.1 Å². The van der Waals surface area contributed by atoms with Gasteiger partial charge in [0.1, 0.15) is 11.6 Å². The normalized spacial score (nSPS) is 10.2. The summed E-state index contributed by atoms with van der Waals surface area (Å²) in [7, 11) is 0. The minimum Gasteiger partial charge on any atom is -0.493 e. The number of carbonyl (C=O) groups is 1. The van der Waals surface area contributed by atoms with Gasteiger partial charge in [-0.2, -0.15) is 5.10 Å². The molecule has 1 aromatic heterocycles. The van der Waals surface area contributed by atoms with Gasteiger partial charge in [-0.15, -0.1) is 0 Å². The van der Waals surface area contributed by atoms with E-state index in [9.17, 15) is 9.18 Å². The molecule has 0 spiro atoms. The van der Waals surface area contributed by atoms with Crippen LogP contribution >= 0.6 is 0 Å². The van der Waals surface area contributed by atoms with E-state index in [-0.39, 0.29) is 0 Å². The van der Waals surface area contributed by atoms with Crippen molar-refractivity contribution in [3.05, 3.63) is 35.8 Å². The van der Waals surface area contributed by atoms with E-state index in [2.05, 4.69) is 10.2 Å². The van der Waals surface area contributed by atoms with Crippen LogP contribution in [0.1, 0.15) is 17.3 Å². The van der Waals surface area contributed by atoms with E-state index in [1.807, 2.05) is 6.92 Å². The highest BCUT2D eigenvalue weighted by molar-refractivity contribution is 5.86. The number of aromatic nitrogens is 2. The second kappa shape index (κ2) is 4.78. The number of nitrogens with zero attached hydrogens (tertiary/aromatic N) is 1. The monoisotopic (exact) mass is 234 g/mol. The van der Waals surface area contributed by atoms with Crippen molar-refractivity contribution in [3.63, 3.8) is 0 Å². The highest BCUT2D eigenvalue weighted by atomic mass is 19.1. The quantitative estimate of drug-likeness (QED) is 0.826. The molecule has 1 aromatic carbocycles. The predicted molar refractivity (Wildman–Crippen MR) is 60.5 cm³/mol. The first-order chi connectivity index (χ1) is 8.26. The molecule has 2 aromatic rings. The zero-order valence-electron chi connectivity index (χ0n) is 9.24. The molecule has 88 valence electrons. The number of halogens is 1. The number of hydrogen-bond donors (Lipinski definition) is 1. The molecule has 0 atom stereocenters. The lowest BCUT2D eigenvalue weighted by molar-refractivity contribution is 0.112. The molecule has 0 aliphatic carbocycles. The number of aromatic amines is 1. The largest absolute Gasteiger partial charge is 0.493 e. The first kappa shape index (κ1) is 11.3. The Morgan fingerprint density at radius 1 is 1.53 bits per heavy atom. The first-order valence-corrected chi connectivity index (χ1v) is 5.17. The third kappa shape index (κ3) is 2.18. The van der Waals surface area contributed by atoms with Gasteiger partial charge in [0.2, 0.25) is 0 Å². The molecule has 1 heterocycles. The van der Waals surface area contributed by atoms with Crippen LogP contribution in [0.25, 0.3) is 11.3 Å². The van der Waals surface area contributed by atoms with Crippen molar-refractivity contribution in [2.75, 3.05) is 6.61 Å². The lowest BCUT2D eigenvalue weighted by atomic mass is 10.1. The average Bonchev–Trinajstić information content (AvgIpc) is 2.79. The van der Waals surface area contributed by atoms with Crippen molar-refractivity contribution in [2.45, 2.75) is 6.92 Å². The molecule has 0 radical (unpaired) electrons. The van der Waals surface area contributed by atoms with Gasteiger partial charge >= 0.3 is 0 Å². The molecule has 2 rings (SSSR count). The highest BCUT2D eigenvalue weighted by Crippen LogP contribution is 2.31. The molecule has 0 bridgehead atoms. The predicted octanol–water partition coefficient (Wildman–Crippen LogP) is 2.43. The average molecular weight is 234 g/mol. The molecule has 0 saturated heterocycles. The summed E-state index contributed by atoms with van der Waals surface area (Å²) in [4.78, 5) is 10.8. The van der Waals surface area contributed by atoms with E-state index in [1.165, 1.54) is 24.4 Å². The van der Waals surface area contributed by atoms with Gasteiger partial charge in [0.15, 0.2) is 6.29 Å². The van der Waals surface area contributed by atoms with Crippen LogP contribution in [-0.4, -0.2) is 23.1 Å². The number of H-pyrrole nitrogens is 1. The molecule has 0 unspecified atom stereocenters. The number of benzene rings is 1. The van der Waals surface area contributed by atoms with Gasteiger partial charge in [0, 0.05) is 5.56 Å². The second-order valence-corrected chi connectivity index (χ2v) is 3.39. The summed E-state index contributed by atoms with van der Waals surface area (Å²) in [6, 6.07) is 4.15. The Bertz CT molecular complexity index is 537. The molecule has 4 nitrogen and oxygen atoms in total. The Labute approximate surface area is 97.4 Å². The Morgan fingerprint density at radius 2 is 2.35 bits per heavy atom. The van der Waals surface area contributed by atoms with Crippen molar-refractivity contribution in [1.29, 1.82) is 0 Å². The fourth-order valence-corrected chi connectivity index (χ4v) is 1.58. The second-order valence-electron chi connectivity index (χ2n) is 3.39. The Balaban J connectivity index is 2.56. The third-order valence-corrected chi connectivity index (χ3v) is 2.31. The molecule has 0 aliphatic rings. The SMILES string of the molecule is CCOc1ccc(F)cc1-c1[nH]ncc1C=O. The number of nitrogens with one attached hydrogen (secondary N) is 1. The zero-order chi connectivity index (χ0) is 12.3. The molecule has 0 fully saturated rings. The number of hydrogen-bond acceptors (Lipinski definition) is 3. The Hall–Kier alpha value is -2.17. The van der Waals surface area contributed by atoms with E-state index in [0.717, 1.165) is 0 Å². The van der Waals surface area contributed by atoms with Gasteiger partial charge in [-0.25, -0.2) is 4.39 Å². The smallest absolute Gasteiger partial charge is 0.153 e. The first-order valence-electron chi connectivity index (χ1n) is 5.17. The Morgan fingerprint density at radius 3 is 3.06 bits per heavy atom. The van der Waals surface area contributed by atoms with Crippen molar-refractivity contribution in [2.24, 2.45) is 0 Å². The summed E-state index contributed by atoms with van der Waals surface area (Å²) in [6.07, 6.45) is 2.06. The van der Waals surface area contributed by atoms with Crippen LogP contribution in [-0.2, 0) is 0 Å². The zero-order valence-corrected chi connectivity index (χ0v) is 9.24. The van der Waals surface area contributed by atoms with E-state index in [0.29, 0.717) is 35.5 Å². The van der Waals surface area contributed by atoms with Crippen molar-refractivity contribution >= 4 is 6.29 Å². The molecular weight excluding hydrogens is 223 g/mol. The summed E-state index contributed by atoms with van der Waals surface area (Å²) in [5.41, 5.74) is 1.32. The summed E-state index contributed by atoms with van der Waals surface area (Å²) in [6.45, 7) is 2.30. The number of rotatable bonds is 4. The van der Waals surface area contributed by atoms with Crippen LogP contribution in [0, 0.1) is 5.82 Å². The number of aldehydes is 1. The molecule has 17 heavy (non-hydrogen) atoms. The van der Waals surface area contributed by atoms with Crippen LogP contribution in [0.2, 0.25) is 0 Å². The van der Waals surface area contributed by atoms with E-state index in [4.69, 9.17) is 4.74 Å². The van der Waals surface area contributed by atoms with Gasteiger partial charge in [0.25, 0.3) is 0 Å². The summed E-state index contributed by atoms with van der Waals surface area (Å²) in [5, 5.41) is 6.44. The Kier molecular flexibility index (Phi) is 3.18. The summed E-state index contributed by atoms with van der Waals surface area (Å²) in [5.74, 6) is 0.121. The van der Waals surface area contributed by atoms with Crippen molar-refractivity contribution < 1.29 is 13.9 Å². The maximum Gasteiger partial charge on any atom is 0.153 e. The minimum atomic E-state index is -0.394.